The Kier molecular flexibility index (Phi) is 5.80. The van der Waals surface area contributed by atoms with Gasteiger partial charge in [-0.15, -0.1) is 11.3 Å². The summed E-state index contributed by atoms with van der Waals surface area (Å²) >= 11 is 1.57. The number of benzene rings is 2. The Morgan fingerprint density at radius 2 is 1.84 bits per heavy atom. The van der Waals surface area contributed by atoms with Crippen molar-refractivity contribution in [3.63, 3.8) is 0 Å². The summed E-state index contributed by atoms with van der Waals surface area (Å²) in [5.41, 5.74) is 3.92. The van der Waals surface area contributed by atoms with E-state index in [2.05, 4.69) is 4.98 Å². The van der Waals surface area contributed by atoms with Gasteiger partial charge in [-0.1, -0.05) is 36.4 Å². The number of rotatable bonds is 6. The van der Waals surface area contributed by atoms with Crippen molar-refractivity contribution in [1.82, 2.24) is 4.98 Å². The number of hydrogen-bond donors (Lipinski definition) is 0. The Bertz CT molecular complexity index is 1150. The van der Waals surface area contributed by atoms with Gasteiger partial charge in [0.25, 0.3) is 5.91 Å². The fourth-order valence-corrected chi connectivity index (χ4v) is 4.69. The topological polar surface area (TPSA) is 76.6 Å². The van der Waals surface area contributed by atoms with Crippen molar-refractivity contribution in [1.29, 1.82) is 0 Å². The molecule has 0 saturated carbocycles. The van der Waals surface area contributed by atoms with Crippen molar-refractivity contribution in [3.8, 4) is 11.3 Å². The third kappa shape index (κ3) is 3.82. The van der Waals surface area contributed by atoms with Gasteiger partial charge in [-0.05, 0) is 37.1 Å². The number of aryl methyl sites for hydroxylation is 1. The second-order valence-electron chi connectivity index (χ2n) is 7.50. The SMILES string of the molecule is COCc1ccccc1C1C(C(C)=O)C(=O)C(=O)N1c1ccc(-c2csc(C)n2)cc1. The number of thiazole rings is 1. The van der Waals surface area contributed by atoms with Crippen molar-refractivity contribution >= 4 is 34.5 Å². The summed E-state index contributed by atoms with van der Waals surface area (Å²) in [4.78, 5) is 44.2. The van der Waals surface area contributed by atoms with Crippen LogP contribution in [0.1, 0.15) is 29.1 Å². The average Bonchev–Trinajstić information content (AvgIpc) is 3.30. The van der Waals surface area contributed by atoms with Gasteiger partial charge in [0.15, 0.2) is 0 Å². The number of aromatic nitrogens is 1. The molecule has 2 heterocycles. The molecule has 0 N–H and O–H groups in total. The molecule has 0 bridgehead atoms. The number of carbonyl (C=O) groups is 3. The van der Waals surface area contributed by atoms with Crippen LogP contribution in [0.25, 0.3) is 11.3 Å². The van der Waals surface area contributed by atoms with Gasteiger partial charge in [-0.3, -0.25) is 19.3 Å². The zero-order valence-electron chi connectivity index (χ0n) is 17.5. The number of nitrogens with zero attached hydrogens (tertiary/aromatic N) is 2. The van der Waals surface area contributed by atoms with Crippen LogP contribution >= 0.6 is 11.3 Å². The molecule has 1 saturated heterocycles. The zero-order chi connectivity index (χ0) is 22.1. The Morgan fingerprint density at radius 3 is 2.45 bits per heavy atom. The molecule has 2 aromatic carbocycles. The van der Waals surface area contributed by atoms with Crippen LogP contribution in [0, 0.1) is 12.8 Å². The third-order valence-electron chi connectivity index (χ3n) is 5.48. The van der Waals surface area contributed by atoms with Gasteiger partial charge in [-0.2, -0.15) is 0 Å². The van der Waals surface area contributed by atoms with E-state index in [9.17, 15) is 14.4 Å². The minimum atomic E-state index is -1.05. The third-order valence-corrected chi connectivity index (χ3v) is 6.25. The van der Waals surface area contributed by atoms with E-state index in [-0.39, 0.29) is 5.78 Å². The lowest BCUT2D eigenvalue weighted by atomic mass is 9.87. The molecule has 158 valence electrons. The Balaban J connectivity index is 1.80. The van der Waals surface area contributed by atoms with Crippen LogP contribution in [0.3, 0.4) is 0 Å². The lowest BCUT2D eigenvalue weighted by Gasteiger charge is -2.28. The van der Waals surface area contributed by atoms with E-state index in [4.69, 9.17) is 4.74 Å². The van der Waals surface area contributed by atoms with Crippen molar-refractivity contribution in [2.75, 3.05) is 12.0 Å². The second-order valence-corrected chi connectivity index (χ2v) is 8.57. The second kappa shape index (κ2) is 8.53. The van der Waals surface area contributed by atoms with Crippen LogP contribution in [-0.2, 0) is 25.7 Å². The van der Waals surface area contributed by atoms with E-state index in [1.54, 1.807) is 30.6 Å². The highest BCUT2D eigenvalue weighted by Gasteiger charge is 2.51. The van der Waals surface area contributed by atoms with Gasteiger partial charge in [0.05, 0.1) is 23.4 Å². The number of carbonyl (C=O) groups excluding carboxylic acids is 3. The Labute approximate surface area is 184 Å². The molecule has 1 amide bonds. The minimum Gasteiger partial charge on any atom is -0.380 e. The summed E-state index contributed by atoms with van der Waals surface area (Å²) in [7, 11) is 1.58. The van der Waals surface area contributed by atoms with Crippen molar-refractivity contribution < 1.29 is 19.1 Å². The molecule has 31 heavy (non-hydrogen) atoms. The van der Waals surface area contributed by atoms with Gasteiger partial charge >= 0.3 is 0 Å². The number of Topliss-reactive ketones (excluding diaryl/α,β-unsaturated/α-hetero) is 2. The molecule has 0 spiro atoms. The van der Waals surface area contributed by atoms with Crippen molar-refractivity contribution in [2.45, 2.75) is 26.5 Å². The summed E-state index contributed by atoms with van der Waals surface area (Å²) < 4.78 is 5.31. The molecule has 1 aromatic heterocycles. The highest BCUT2D eigenvalue weighted by Crippen LogP contribution is 2.41. The molecular weight excluding hydrogens is 412 g/mol. The van der Waals surface area contributed by atoms with Gasteiger partial charge in [0.1, 0.15) is 11.7 Å². The van der Waals surface area contributed by atoms with E-state index in [0.717, 1.165) is 27.4 Å². The number of methoxy groups -OCH3 is 1. The number of hydrogen-bond acceptors (Lipinski definition) is 6. The molecule has 1 aliphatic heterocycles. The van der Waals surface area contributed by atoms with Crippen LogP contribution in [-0.4, -0.2) is 29.6 Å². The normalized spacial score (nSPS) is 18.6. The number of anilines is 1. The van der Waals surface area contributed by atoms with Crippen molar-refractivity contribution in [3.05, 3.63) is 70.0 Å². The first kappa shape index (κ1) is 21.1. The maximum absolute atomic E-state index is 13.0. The first-order chi connectivity index (χ1) is 14.9. The summed E-state index contributed by atoms with van der Waals surface area (Å²) in [5.74, 6) is -2.72. The Morgan fingerprint density at radius 1 is 1.13 bits per heavy atom. The van der Waals surface area contributed by atoms with E-state index >= 15 is 0 Å². The summed E-state index contributed by atoms with van der Waals surface area (Å²) in [5, 5.41) is 2.95. The molecule has 6 nitrogen and oxygen atoms in total. The van der Waals surface area contributed by atoms with Gasteiger partial charge in [0, 0.05) is 23.7 Å². The molecule has 4 rings (SSSR count). The van der Waals surface area contributed by atoms with Crippen LogP contribution in [0.4, 0.5) is 5.69 Å². The first-order valence-electron chi connectivity index (χ1n) is 9.89. The highest BCUT2D eigenvalue weighted by molar-refractivity contribution is 7.09. The predicted molar refractivity (Wildman–Crippen MR) is 119 cm³/mol. The standard InChI is InChI=1S/C24H22N2O4S/c1-14(27)21-22(19-7-5-4-6-17(19)12-30-3)26(24(29)23(21)28)18-10-8-16(9-11-18)20-13-31-15(2)25-20/h4-11,13,21-22H,12H2,1-3H3. The molecule has 0 aliphatic carbocycles. The fourth-order valence-electron chi connectivity index (χ4n) is 4.07. The number of ether oxygens (including phenoxy) is 1. The van der Waals surface area contributed by atoms with Gasteiger partial charge in [0.2, 0.25) is 5.78 Å². The first-order valence-corrected chi connectivity index (χ1v) is 10.8. The maximum atomic E-state index is 13.0. The fraction of sp³-hybridized carbons (Fsp3) is 0.250. The van der Waals surface area contributed by atoms with Crippen LogP contribution in [0.2, 0.25) is 0 Å². The van der Waals surface area contributed by atoms with Crippen molar-refractivity contribution in [2.24, 2.45) is 5.92 Å². The molecular formula is C24H22N2O4S. The van der Waals surface area contributed by atoms with E-state index in [1.165, 1.54) is 11.8 Å². The van der Waals surface area contributed by atoms with E-state index in [0.29, 0.717) is 12.3 Å². The average molecular weight is 435 g/mol. The lowest BCUT2D eigenvalue weighted by molar-refractivity contribution is -0.138. The molecule has 1 fully saturated rings. The zero-order valence-corrected chi connectivity index (χ0v) is 18.3. The summed E-state index contributed by atoms with van der Waals surface area (Å²) in [6.07, 6.45) is 0. The molecule has 3 aromatic rings. The van der Waals surface area contributed by atoms with Crippen LogP contribution < -0.4 is 4.90 Å². The smallest absolute Gasteiger partial charge is 0.295 e. The Hall–Kier alpha value is -3.16. The quantitative estimate of drug-likeness (QED) is 0.431. The predicted octanol–water partition coefficient (Wildman–Crippen LogP) is 4.13. The summed E-state index contributed by atoms with van der Waals surface area (Å²) in [6, 6.07) is 14.1. The monoisotopic (exact) mass is 434 g/mol. The highest BCUT2D eigenvalue weighted by atomic mass is 32.1. The largest absolute Gasteiger partial charge is 0.380 e. The van der Waals surface area contributed by atoms with Crippen LogP contribution in [0.5, 0.6) is 0 Å². The summed E-state index contributed by atoms with van der Waals surface area (Å²) in [6.45, 7) is 3.62. The molecule has 0 radical (unpaired) electrons. The van der Waals surface area contributed by atoms with Gasteiger partial charge in [-0.25, -0.2) is 4.98 Å². The molecule has 7 heteroatoms. The maximum Gasteiger partial charge on any atom is 0.295 e. The van der Waals surface area contributed by atoms with E-state index in [1.807, 2.05) is 48.7 Å². The number of ketones is 2. The van der Waals surface area contributed by atoms with E-state index < -0.39 is 23.7 Å². The molecule has 2 unspecified atom stereocenters. The molecule has 2 atom stereocenters. The number of amides is 1. The molecule has 1 aliphatic rings. The van der Waals surface area contributed by atoms with Gasteiger partial charge < -0.3 is 4.74 Å². The lowest BCUT2D eigenvalue weighted by Crippen LogP contribution is -2.31. The minimum absolute atomic E-state index is 0.315. The van der Waals surface area contributed by atoms with Crippen LogP contribution in [0.15, 0.2) is 53.9 Å².